The molecule has 0 saturated carbocycles. The maximum Gasteiger partial charge on any atom is 0.277 e. The van der Waals surface area contributed by atoms with Crippen molar-refractivity contribution in [3.05, 3.63) is 100 Å². The molecule has 0 amide bonds. The summed E-state index contributed by atoms with van der Waals surface area (Å²) in [6.07, 6.45) is 0. The van der Waals surface area contributed by atoms with Crippen molar-refractivity contribution in [1.82, 2.24) is 0 Å². The van der Waals surface area contributed by atoms with Gasteiger partial charge < -0.3 is 0 Å². The first-order chi connectivity index (χ1) is 16.9. The largest absolute Gasteiger partial charge is 0.277 e. The first kappa shape index (κ1) is 24.2. The Balaban J connectivity index is 1.72. The summed E-state index contributed by atoms with van der Waals surface area (Å²) in [6.45, 7) is 13.2. The molecule has 182 valence electrons. The molecule has 1 heterocycles. The maximum absolute atomic E-state index is 12.3. The first-order valence-corrected chi connectivity index (χ1v) is 13.1. The Hall–Kier alpha value is -3.50. The van der Waals surface area contributed by atoms with E-state index in [4.69, 9.17) is 0 Å². The van der Waals surface area contributed by atoms with Crippen molar-refractivity contribution in [2.24, 2.45) is 0 Å². The summed E-state index contributed by atoms with van der Waals surface area (Å²) >= 11 is 1.69. The molecule has 1 aromatic heterocycles. The number of benzene rings is 4. The second-order valence-electron chi connectivity index (χ2n) is 11.6. The Labute approximate surface area is 216 Å². The van der Waals surface area contributed by atoms with Gasteiger partial charge in [-0.05, 0) is 45.2 Å². The van der Waals surface area contributed by atoms with Crippen LogP contribution >= 0.6 is 11.3 Å². The van der Waals surface area contributed by atoms with Crippen LogP contribution in [0.5, 0.6) is 0 Å². The topological polar surface area (TPSA) is 43.1 Å². The number of thiophene rings is 1. The van der Waals surface area contributed by atoms with Gasteiger partial charge in [-0.15, -0.1) is 11.3 Å². The number of nitrogens with zero attached hydrogens (tertiary/aromatic N) is 1. The Kier molecular flexibility index (Phi) is 5.76. The summed E-state index contributed by atoms with van der Waals surface area (Å²) in [7, 11) is 0. The van der Waals surface area contributed by atoms with E-state index in [9.17, 15) is 10.1 Å². The number of hydrogen-bond acceptors (Lipinski definition) is 3. The number of fused-ring (bicyclic) bond motifs is 3. The quantitative estimate of drug-likeness (QED) is 0.185. The number of rotatable bonds is 3. The van der Waals surface area contributed by atoms with Gasteiger partial charge >= 0.3 is 0 Å². The van der Waals surface area contributed by atoms with Gasteiger partial charge in [0.05, 0.1) is 10.5 Å². The normalized spacial score (nSPS) is 12.4. The average molecular weight is 494 g/mol. The molecule has 0 aliphatic carbocycles. The lowest BCUT2D eigenvalue weighted by Crippen LogP contribution is -2.16. The van der Waals surface area contributed by atoms with Crippen LogP contribution in [0, 0.1) is 10.1 Å². The van der Waals surface area contributed by atoms with Crippen molar-refractivity contribution in [2.45, 2.75) is 52.4 Å². The molecular formula is C32H31NO2S. The van der Waals surface area contributed by atoms with Crippen molar-refractivity contribution < 1.29 is 4.92 Å². The van der Waals surface area contributed by atoms with E-state index >= 15 is 0 Å². The van der Waals surface area contributed by atoms with E-state index in [-0.39, 0.29) is 21.4 Å². The molecule has 5 aromatic rings. The SMILES string of the molecule is CC(C)(C)c1cc(-c2ccc(-c3cccc4c3sc3ccccc34)c([N+](=O)[O-])c2)cc(C(C)(C)C)c1. The predicted molar refractivity (Wildman–Crippen MR) is 154 cm³/mol. The summed E-state index contributed by atoms with van der Waals surface area (Å²) < 4.78 is 2.27. The third-order valence-corrected chi connectivity index (χ3v) is 8.11. The van der Waals surface area contributed by atoms with E-state index in [2.05, 4.69) is 77.9 Å². The molecule has 0 saturated heterocycles. The van der Waals surface area contributed by atoms with Crippen molar-refractivity contribution in [1.29, 1.82) is 0 Å². The molecule has 36 heavy (non-hydrogen) atoms. The van der Waals surface area contributed by atoms with Gasteiger partial charge in [-0.2, -0.15) is 0 Å². The Morgan fingerprint density at radius 2 is 1.31 bits per heavy atom. The lowest BCUT2D eigenvalue weighted by molar-refractivity contribution is -0.384. The average Bonchev–Trinajstić information content (AvgIpc) is 3.21. The van der Waals surface area contributed by atoms with E-state index in [0.29, 0.717) is 5.56 Å². The molecule has 4 aromatic carbocycles. The number of hydrogen-bond donors (Lipinski definition) is 0. The summed E-state index contributed by atoms with van der Waals surface area (Å²) in [5.74, 6) is 0. The molecule has 0 aliphatic heterocycles. The molecule has 0 atom stereocenters. The van der Waals surface area contributed by atoms with Gasteiger partial charge in [0.25, 0.3) is 5.69 Å². The Morgan fingerprint density at radius 1 is 0.667 bits per heavy atom. The lowest BCUT2D eigenvalue weighted by atomic mass is 9.79. The second-order valence-corrected chi connectivity index (χ2v) is 12.6. The standard InChI is InChI=1S/C32H31NO2S/c1-31(2,3)22-16-21(17-23(19-22)32(4,5)6)20-14-15-24(28(18-20)33(34)35)26-11-9-12-27-25-10-7-8-13-29(25)36-30(26)27/h7-19H,1-6H3. The fourth-order valence-electron chi connectivity index (χ4n) is 4.71. The van der Waals surface area contributed by atoms with E-state index in [1.165, 1.54) is 21.2 Å². The van der Waals surface area contributed by atoms with Gasteiger partial charge in [0.2, 0.25) is 0 Å². The first-order valence-electron chi connectivity index (χ1n) is 12.3. The monoisotopic (exact) mass is 493 g/mol. The molecule has 5 rings (SSSR count). The molecular weight excluding hydrogens is 462 g/mol. The fourth-order valence-corrected chi connectivity index (χ4v) is 5.94. The summed E-state index contributed by atoms with van der Waals surface area (Å²) in [4.78, 5) is 12.1. The van der Waals surface area contributed by atoms with Crippen LogP contribution in [-0.2, 0) is 10.8 Å². The van der Waals surface area contributed by atoms with Crippen molar-refractivity contribution in [3.8, 4) is 22.3 Å². The summed E-state index contributed by atoms with van der Waals surface area (Å²) in [5.41, 5.74) is 5.98. The molecule has 3 nitrogen and oxygen atoms in total. The van der Waals surface area contributed by atoms with Gasteiger partial charge in [0, 0.05) is 31.8 Å². The van der Waals surface area contributed by atoms with Crippen LogP contribution in [0.2, 0.25) is 0 Å². The van der Waals surface area contributed by atoms with Crippen molar-refractivity contribution in [2.75, 3.05) is 0 Å². The summed E-state index contributed by atoms with van der Waals surface area (Å²) in [6, 6.07) is 26.7. The number of nitro groups is 1. The van der Waals surface area contributed by atoms with Crippen molar-refractivity contribution >= 4 is 37.2 Å². The Bertz CT molecular complexity index is 1600. The third-order valence-electron chi connectivity index (χ3n) is 6.89. The molecule has 0 radical (unpaired) electrons. The van der Waals surface area contributed by atoms with Crippen LogP contribution in [-0.4, -0.2) is 4.92 Å². The molecule has 0 spiro atoms. The zero-order valence-electron chi connectivity index (χ0n) is 21.7. The maximum atomic E-state index is 12.3. The van der Waals surface area contributed by atoms with Gasteiger partial charge in [-0.1, -0.05) is 102 Å². The van der Waals surface area contributed by atoms with Crippen LogP contribution in [0.15, 0.2) is 78.9 Å². The molecule has 0 unspecified atom stereocenters. The zero-order chi connectivity index (χ0) is 25.8. The number of nitro benzene ring substituents is 1. The van der Waals surface area contributed by atoms with E-state index in [0.717, 1.165) is 26.8 Å². The van der Waals surface area contributed by atoms with Crippen molar-refractivity contribution in [3.63, 3.8) is 0 Å². The molecule has 0 N–H and O–H groups in total. The van der Waals surface area contributed by atoms with Crippen LogP contribution in [0.1, 0.15) is 52.7 Å². The predicted octanol–water partition coefficient (Wildman–Crippen LogP) is 9.89. The summed E-state index contributed by atoms with van der Waals surface area (Å²) in [5, 5.41) is 14.7. The highest BCUT2D eigenvalue weighted by molar-refractivity contribution is 7.26. The van der Waals surface area contributed by atoms with Crippen LogP contribution in [0.3, 0.4) is 0 Å². The van der Waals surface area contributed by atoms with Gasteiger partial charge in [0.1, 0.15) is 0 Å². The van der Waals surface area contributed by atoms with Crippen LogP contribution in [0.25, 0.3) is 42.4 Å². The molecule has 0 fully saturated rings. The highest BCUT2D eigenvalue weighted by atomic mass is 32.1. The van der Waals surface area contributed by atoms with Gasteiger partial charge in [-0.25, -0.2) is 0 Å². The van der Waals surface area contributed by atoms with E-state index in [1.54, 1.807) is 17.4 Å². The zero-order valence-corrected chi connectivity index (χ0v) is 22.5. The highest BCUT2D eigenvalue weighted by Crippen LogP contribution is 2.43. The van der Waals surface area contributed by atoms with Gasteiger partial charge in [-0.3, -0.25) is 10.1 Å². The highest BCUT2D eigenvalue weighted by Gasteiger charge is 2.23. The Morgan fingerprint density at radius 3 is 1.94 bits per heavy atom. The van der Waals surface area contributed by atoms with E-state index in [1.807, 2.05) is 36.4 Å². The second kappa shape index (κ2) is 8.56. The minimum atomic E-state index is -0.247. The van der Waals surface area contributed by atoms with Crippen LogP contribution in [0.4, 0.5) is 5.69 Å². The third kappa shape index (κ3) is 4.31. The molecule has 0 aliphatic rings. The lowest BCUT2D eigenvalue weighted by Gasteiger charge is -2.26. The van der Waals surface area contributed by atoms with E-state index < -0.39 is 0 Å². The fraction of sp³-hybridized carbons (Fsp3) is 0.250. The smallest absolute Gasteiger partial charge is 0.258 e. The molecule has 4 heteroatoms. The van der Waals surface area contributed by atoms with Crippen LogP contribution < -0.4 is 0 Å². The minimum absolute atomic E-state index is 0.0291. The molecule has 0 bridgehead atoms. The van der Waals surface area contributed by atoms with Gasteiger partial charge in [0.15, 0.2) is 0 Å². The minimum Gasteiger partial charge on any atom is -0.258 e.